The van der Waals surface area contributed by atoms with Gasteiger partial charge in [0.15, 0.2) is 0 Å². The Labute approximate surface area is 175 Å². The molecule has 0 saturated heterocycles. The predicted molar refractivity (Wildman–Crippen MR) is 119 cm³/mol. The van der Waals surface area contributed by atoms with Gasteiger partial charge < -0.3 is 14.7 Å². The summed E-state index contributed by atoms with van der Waals surface area (Å²) in [4.78, 5) is 19.2. The van der Waals surface area contributed by atoms with E-state index >= 15 is 0 Å². The van der Waals surface area contributed by atoms with Gasteiger partial charge in [-0.15, -0.1) is 0 Å². The van der Waals surface area contributed by atoms with Gasteiger partial charge in [0.1, 0.15) is 11.7 Å². The largest absolute Gasteiger partial charge is 0.360 e. The Morgan fingerprint density at radius 1 is 1.17 bits per heavy atom. The van der Waals surface area contributed by atoms with E-state index in [4.69, 9.17) is 9.98 Å². The number of hydrogen-bond acceptors (Lipinski definition) is 6. The molecule has 0 N–H and O–H groups in total. The minimum Gasteiger partial charge on any atom is -0.360 e. The van der Waals surface area contributed by atoms with Gasteiger partial charge in [-0.05, 0) is 64.2 Å². The molecule has 29 heavy (non-hydrogen) atoms. The molecule has 1 aliphatic carbocycles. The number of aliphatic imine (C=N–C) groups is 1. The molecule has 6 heteroatoms. The van der Waals surface area contributed by atoms with Crippen LogP contribution in [-0.4, -0.2) is 90.8 Å². The second-order valence-electron chi connectivity index (χ2n) is 8.76. The highest BCUT2D eigenvalue weighted by Crippen LogP contribution is 2.32. The first-order valence-electron chi connectivity index (χ1n) is 10.8. The van der Waals surface area contributed by atoms with Gasteiger partial charge in [-0.1, -0.05) is 12.1 Å². The van der Waals surface area contributed by atoms with E-state index in [0.717, 1.165) is 38.4 Å². The van der Waals surface area contributed by atoms with Gasteiger partial charge in [0.2, 0.25) is 0 Å². The number of likely N-dealkylation sites (N-methyl/N-ethyl adjacent to an activating group) is 3. The van der Waals surface area contributed by atoms with E-state index in [-0.39, 0.29) is 6.04 Å². The Morgan fingerprint density at radius 3 is 2.86 bits per heavy atom. The fourth-order valence-electron chi connectivity index (χ4n) is 4.63. The van der Waals surface area contributed by atoms with E-state index in [1.807, 2.05) is 6.20 Å². The number of amidine groups is 1. The Bertz CT molecular complexity index is 811. The highest BCUT2D eigenvalue weighted by molar-refractivity contribution is 5.96. The SMILES string of the molecule is CN(C)CCN(C)C1=CC=CC2=NC(CN(C)[C@H]3CCCc4cccnc43)CN12. The van der Waals surface area contributed by atoms with E-state index in [9.17, 15) is 0 Å². The summed E-state index contributed by atoms with van der Waals surface area (Å²) in [6.45, 7) is 3.96. The summed E-state index contributed by atoms with van der Waals surface area (Å²) < 4.78 is 0. The van der Waals surface area contributed by atoms with Crippen molar-refractivity contribution in [3.05, 3.63) is 53.6 Å². The Kier molecular flexibility index (Phi) is 6.01. The Balaban J connectivity index is 1.41. The van der Waals surface area contributed by atoms with Crippen LogP contribution in [-0.2, 0) is 6.42 Å². The van der Waals surface area contributed by atoms with Crippen molar-refractivity contribution >= 4 is 5.84 Å². The van der Waals surface area contributed by atoms with Crippen molar-refractivity contribution in [2.45, 2.75) is 31.3 Å². The number of rotatable bonds is 7. The lowest BCUT2D eigenvalue weighted by molar-refractivity contribution is 0.199. The van der Waals surface area contributed by atoms with Crippen molar-refractivity contribution in [3.63, 3.8) is 0 Å². The minimum absolute atomic E-state index is 0.289. The van der Waals surface area contributed by atoms with Crippen molar-refractivity contribution in [2.75, 3.05) is 54.4 Å². The monoisotopic (exact) mass is 394 g/mol. The molecule has 6 nitrogen and oxygen atoms in total. The number of aryl methyl sites for hydroxylation is 1. The molecule has 4 rings (SSSR count). The number of pyridine rings is 1. The maximum Gasteiger partial charge on any atom is 0.129 e. The quantitative estimate of drug-likeness (QED) is 0.710. The second kappa shape index (κ2) is 8.67. The summed E-state index contributed by atoms with van der Waals surface area (Å²) in [6, 6.07) is 5.00. The zero-order valence-corrected chi connectivity index (χ0v) is 18.3. The second-order valence-corrected chi connectivity index (χ2v) is 8.76. The van der Waals surface area contributed by atoms with Gasteiger partial charge in [-0.2, -0.15) is 0 Å². The maximum absolute atomic E-state index is 5.04. The maximum atomic E-state index is 5.04. The van der Waals surface area contributed by atoms with Crippen molar-refractivity contribution in [3.8, 4) is 0 Å². The number of allylic oxidation sites excluding steroid dienone is 2. The van der Waals surface area contributed by atoms with Crippen molar-refractivity contribution in [2.24, 2.45) is 4.99 Å². The van der Waals surface area contributed by atoms with E-state index in [1.165, 1.54) is 29.9 Å². The van der Waals surface area contributed by atoms with Crippen LogP contribution in [0.3, 0.4) is 0 Å². The first kappa shape index (κ1) is 20.1. The van der Waals surface area contributed by atoms with E-state index in [2.05, 4.69) is 78.2 Å². The third-order valence-corrected chi connectivity index (χ3v) is 6.22. The fraction of sp³-hybridized carbons (Fsp3) is 0.565. The third kappa shape index (κ3) is 4.38. The number of nitrogens with zero attached hydrogens (tertiary/aromatic N) is 6. The van der Waals surface area contributed by atoms with E-state index in [0.29, 0.717) is 6.04 Å². The average Bonchev–Trinajstić information content (AvgIpc) is 3.13. The molecule has 0 fully saturated rings. The topological polar surface area (TPSA) is 38.2 Å². The van der Waals surface area contributed by atoms with E-state index < -0.39 is 0 Å². The van der Waals surface area contributed by atoms with Crippen LogP contribution in [0.5, 0.6) is 0 Å². The predicted octanol–water partition coefficient (Wildman–Crippen LogP) is 2.38. The molecular weight excluding hydrogens is 360 g/mol. The first-order chi connectivity index (χ1) is 14.0. The molecule has 1 unspecified atom stereocenters. The fourth-order valence-corrected chi connectivity index (χ4v) is 4.63. The van der Waals surface area contributed by atoms with Gasteiger partial charge in [-0.3, -0.25) is 14.9 Å². The van der Waals surface area contributed by atoms with Crippen molar-refractivity contribution in [1.29, 1.82) is 0 Å². The van der Waals surface area contributed by atoms with Gasteiger partial charge in [0.25, 0.3) is 0 Å². The summed E-state index contributed by atoms with van der Waals surface area (Å²) in [5.41, 5.74) is 2.69. The lowest BCUT2D eigenvalue weighted by Crippen LogP contribution is -2.41. The molecule has 0 saturated carbocycles. The van der Waals surface area contributed by atoms with Gasteiger partial charge in [0.05, 0.1) is 17.8 Å². The summed E-state index contributed by atoms with van der Waals surface area (Å²) in [5.74, 6) is 2.35. The molecular formula is C23H34N6. The lowest BCUT2D eigenvalue weighted by atomic mass is 9.91. The number of fused-ring (bicyclic) bond motifs is 2. The van der Waals surface area contributed by atoms with Crippen LogP contribution < -0.4 is 0 Å². The first-order valence-corrected chi connectivity index (χ1v) is 10.8. The van der Waals surface area contributed by atoms with Crippen molar-refractivity contribution < 1.29 is 0 Å². The molecule has 3 heterocycles. The third-order valence-electron chi connectivity index (χ3n) is 6.22. The van der Waals surface area contributed by atoms with Crippen LogP contribution in [0.1, 0.15) is 30.1 Å². The average molecular weight is 395 g/mol. The molecule has 1 aromatic heterocycles. The molecule has 0 spiro atoms. The summed E-state index contributed by atoms with van der Waals surface area (Å²) in [6.07, 6.45) is 12.0. The standard InChI is InChI=1S/C23H34N6/c1-26(2)14-15-27(3)22-12-6-11-21-25-19(17-29(21)22)16-28(4)20-10-5-8-18-9-7-13-24-23(18)20/h6-7,9,11-13,19-20H,5,8,10,14-17H2,1-4H3/t19?,20-/m0/s1. The highest BCUT2D eigenvalue weighted by atomic mass is 15.4. The Hall–Kier alpha value is -2.18. The normalized spacial score (nSPS) is 23.2. The molecule has 1 aromatic rings. The molecule has 2 atom stereocenters. The van der Waals surface area contributed by atoms with E-state index in [1.54, 1.807) is 0 Å². The molecule has 3 aliphatic rings. The Morgan fingerprint density at radius 2 is 2.03 bits per heavy atom. The molecule has 0 aromatic carbocycles. The number of hydrogen-bond donors (Lipinski definition) is 0. The number of aromatic nitrogens is 1. The minimum atomic E-state index is 0.289. The molecule has 2 aliphatic heterocycles. The van der Waals surface area contributed by atoms with Gasteiger partial charge in [-0.25, -0.2) is 0 Å². The molecule has 156 valence electrons. The van der Waals surface area contributed by atoms with Crippen LogP contribution in [0.4, 0.5) is 0 Å². The van der Waals surface area contributed by atoms with Crippen LogP contribution in [0.2, 0.25) is 0 Å². The smallest absolute Gasteiger partial charge is 0.129 e. The molecule has 0 radical (unpaired) electrons. The van der Waals surface area contributed by atoms with Crippen LogP contribution >= 0.6 is 0 Å². The van der Waals surface area contributed by atoms with Crippen LogP contribution in [0, 0.1) is 0 Å². The lowest BCUT2D eigenvalue weighted by Gasteiger charge is -2.34. The molecule has 0 bridgehead atoms. The van der Waals surface area contributed by atoms with Gasteiger partial charge >= 0.3 is 0 Å². The van der Waals surface area contributed by atoms with Crippen molar-refractivity contribution in [1.82, 2.24) is 24.6 Å². The summed E-state index contributed by atoms with van der Waals surface area (Å²) in [5, 5.41) is 0. The zero-order chi connectivity index (χ0) is 20.4. The van der Waals surface area contributed by atoms with Crippen LogP contribution in [0.25, 0.3) is 0 Å². The zero-order valence-electron chi connectivity index (χ0n) is 18.3. The van der Waals surface area contributed by atoms with Crippen LogP contribution in [0.15, 0.2) is 47.4 Å². The summed E-state index contributed by atoms with van der Waals surface area (Å²) in [7, 11) is 8.66. The summed E-state index contributed by atoms with van der Waals surface area (Å²) >= 11 is 0. The highest BCUT2D eigenvalue weighted by Gasteiger charge is 2.32. The molecule has 0 amide bonds. The van der Waals surface area contributed by atoms with Gasteiger partial charge in [0, 0.05) is 39.4 Å².